The Labute approximate surface area is 126 Å². The summed E-state index contributed by atoms with van der Waals surface area (Å²) >= 11 is 0. The highest BCUT2D eigenvalue weighted by Gasteiger charge is 2.08. The fraction of sp³-hybridized carbons (Fsp3) is 0.684. The molecule has 0 amide bonds. The van der Waals surface area contributed by atoms with Gasteiger partial charge >= 0.3 is 0 Å². The molecule has 0 N–H and O–H groups in total. The van der Waals surface area contributed by atoms with Crippen LogP contribution in [-0.4, -0.2) is 6.61 Å². The minimum atomic E-state index is 0.701. The molecule has 1 unspecified atom stereocenters. The number of benzene rings is 1. The average molecular weight is 278 g/mol. The standard InChI is InChI=1S/C17H28O.C2H6/c1-6-8-9-16(7-2)12-18-17-10-13(3)15(5)14(4)11-17;1-2/h10-11,16H,6-9,12H2,1-5H3;1-2H3. The summed E-state index contributed by atoms with van der Waals surface area (Å²) in [4.78, 5) is 0. The van der Waals surface area contributed by atoms with Crippen molar-refractivity contribution in [1.29, 1.82) is 0 Å². The van der Waals surface area contributed by atoms with Gasteiger partial charge < -0.3 is 4.74 Å². The third-order valence-corrected chi connectivity index (χ3v) is 3.93. The molecule has 0 aromatic heterocycles. The van der Waals surface area contributed by atoms with E-state index in [0.717, 1.165) is 12.4 Å². The molecule has 1 atom stereocenters. The topological polar surface area (TPSA) is 9.23 Å². The van der Waals surface area contributed by atoms with Gasteiger partial charge in [0.05, 0.1) is 6.61 Å². The number of hydrogen-bond acceptors (Lipinski definition) is 1. The summed E-state index contributed by atoms with van der Waals surface area (Å²) in [6.07, 6.45) is 5.09. The molecule has 0 saturated carbocycles. The maximum Gasteiger partial charge on any atom is 0.119 e. The van der Waals surface area contributed by atoms with E-state index in [1.54, 1.807) is 0 Å². The Morgan fingerprint density at radius 1 is 1.00 bits per heavy atom. The molecule has 0 aliphatic carbocycles. The van der Waals surface area contributed by atoms with Crippen LogP contribution in [-0.2, 0) is 0 Å². The highest BCUT2D eigenvalue weighted by Crippen LogP contribution is 2.22. The van der Waals surface area contributed by atoms with Crippen LogP contribution in [0.3, 0.4) is 0 Å². The molecule has 0 bridgehead atoms. The first-order valence-corrected chi connectivity index (χ1v) is 8.29. The van der Waals surface area contributed by atoms with Gasteiger partial charge in [-0.25, -0.2) is 0 Å². The van der Waals surface area contributed by atoms with Crippen LogP contribution in [0, 0.1) is 26.7 Å². The summed E-state index contributed by atoms with van der Waals surface area (Å²) in [7, 11) is 0. The molecule has 0 aliphatic heterocycles. The minimum Gasteiger partial charge on any atom is -0.493 e. The number of unbranched alkanes of at least 4 members (excludes halogenated alkanes) is 1. The van der Waals surface area contributed by atoms with Crippen LogP contribution >= 0.6 is 0 Å². The van der Waals surface area contributed by atoms with E-state index in [0.29, 0.717) is 5.92 Å². The second-order valence-electron chi connectivity index (χ2n) is 5.41. The first-order chi connectivity index (χ1) is 9.58. The quantitative estimate of drug-likeness (QED) is 0.574. The van der Waals surface area contributed by atoms with Gasteiger partial charge in [-0.15, -0.1) is 0 Å². The van der Waals surface area contributed by atoms with Gasteiger partial charge in [-0.2, -0.15) is 0 Å². The molecule has 1 rings (SSSR count). The molecule has 1 aromatic rings. The maximum absolute atomic E-state index is 5.97. The summed E-state index contributed by atoms with van der Waals surface area (Å²) in [5.41, 5.74) is 4.03. The molecule has 20 heavy (non-hydrogen) atoms. The number of rotatable bonds is 7. The zero-order valence-corrected chi connectivity index (χ0v) is 14.7. The van der Waals surface area contributed by atoms with Crippen molar-refractivity contribution in [2.24, 2.45) is 5.92 Å². The van der Waals surface area contributed by atoms with Crippen molar-refractivity contribution in [3.05, 3.63) is 28.8 Å². The second kappa shape index (κ2) is 10.8. The van der Waals surface area contributed by atoms with Crippen LogP contribution in [0.5, 0.6) is 5.75 Å². The zero-order valence-electron chi connectivity index (χ0n) is 14.7. The molecule has 0 fully saturated rings. The molecular formula is C19H34O. The highest BCUT2D eigenvalue weighted by molar-refractivity contribution is 5.40. The van der Waals surface area contributed by atoms with Crippen molar-refractivity contribution >= 4 is 0 Å². The largest absolute Gasteiger partial charge is 0.493 e. The summed E-state index contributed by atoms with van der Waals surface area (Å²) in [6, 6.07) is 4.32. The van der Waals surface area contributed by atoms with Gasteiger partial charge in [0.15, 0.2) is 0 Å². The Morgan fingerprint density at radius 3 is 2.00 bits per heavy atom. The average Bonchev–Trinajstić information content (AvgIpc) is 2.47. The van der Waals surface area contributed by atoms with Gasteiger partial charge in [-0.3, -0.25) is 0 Å². The van der Waals surface area contributed by atoms with E-state index in [4.69, 9.17) is 4.74 Å². The number of ether oxygens (including phenoxy) is 1. The monoisotopic (exact) mass is 278 g/mol. The molecule has 116 valence electrons. The van der Waals surface area contributed by atoms with Gasteiger partial charge in [0.1, 0.15) is 5.75 Å². The summed E-state index contributed by atoms with van der Waals surface area (Å²) in [5, 5.41) is 0. The molecular weight excluding hydrogens is 244 g/mol. The van der Waals surface area contributed by atoms with Crippen molar-refractivity contribution in [3.63, 3.8) is 0 Å². The van der Waals surface area contributed by atoms with Gasteiger partial charge in [-0.1, -0.05) is 47.0 Å². The lowest BCUT2D eigenvalue weighted by Gasteiger charge is -2.17. The zero-order chi connectivity index (χ0) is 15.5. The predicted octanol–water partition coefficient (Wildman–Crippen LogP) is 6.23. The molecule has 0 saturated heterocycles. The molecule has 1 nitrogen and oxygen atoms in total. The molecule has 0 aliphatic rings. The van der Waals surface area contributed by atoms with Crippen molar-refractivity contribution in [3.8, 4) is 5.75 Å². The molecule has 0 heterocycles. The van der Waals surface area contributed by atoms with E-state index >= 15 is 0 Å². The van der Waals surface area contributed by atoms with Gasteiger partial charge in [0.2, 0.25) is 0 Å². The summed E-state index contributed by atoms with van der Waals surface area (Å²) in [6.45, 7) is 15.9. The first-order valence-electron chi connectivity index (χ1n) is 8.29. The molecule has 1 heteroatoms. The number of hydrogen-bond donors (Lipinski definition) is 0. The SMILES string of the molecule is CC.CCCCC(CC)COc1cc(C)c(C)c(C)c1. The Bertz CT molecular complexity index is 345. The Morgan fingerprint density at radius 2 is 1.55 bits per heavy atom. The van der Waals surface area contributed by atoms with Crippen molar-refractivity contribution in [2.45, 2.75) is 74.1 Å². The van der Waals surface area contributed by atoms with E-state index in [1.807, 2.05) is 13.8 Å². The predicted molar refractivity (Wildman–Crippen MR) is 90.8 cm³/mol. The highest BCUT2D eigenvalue weighted by atomic mass is 16.5. The molecule has 0 spiro atoms. The van der Waals surface area contributed by atoms with Crippen LogP contribution in [0.15, 0.2) is 12.1 Å². The van der Waals surface area contributed by atoms with E-state index < -0.39 is 0 Å². The lowest BCUT2D eigenvalue weighted by atomic mass is 10.0. The first kappa shape index (κ1) is 19.0. The fourth-order valence-electron chi connectivity index (χ4n) is 2.19. The van der Waals surface area contributed by atoms with E-state index in [2.05, 4.69) is 46.8 Å². The van der Waals surface area contributed by atoms with Crippen molar-refractivity contribution in [2.75, 3.05) is 6.61 Å². The molecule has 1 aromatic carbocycles. The van der Waals surface area contributed by atoms with E-state index in [-0.39, 0.29) is 0 Å². The maximum atomic E-state index is 5.97. The normalized spacial score (nSPS) is 11.6. The van der Waals surface area contributed by atoms with Gasteiger partial charge in [0, 0.05) is 0 Å². The Hall–Kier alpha value is -0.980. The van der Waals surface area contributed by atoms with Gasteiger partial charge in [0.25, 0.3) is 0 Å². The second-order valence-corrected chi connectivity index (χ2v) is 5.41. The molecule has 0 radical (unpaired) electrons. The third-order valence-electron chi connectivity index (χ3n) is 3.93. The fourth-order valence-corrected chi connectivity index (χ4v) is 2.19. The summed E-state index contributed by atoms with van der Waals surface area (Å²) in [5.74, 6) is 1.73. The van der Waals surface area contributed by atoms with E-state index in [9.17, 15) is 0 Å². The lowest BCUT2D eigenvalue weighted by Crippen LogP contribution is -2.11. The summed E-state index contributed by atoms with van der Waals surface area (Å²) < 4.78 is 5.97. The number of aryl methyl sites for hydroxylation is 2. The van der Waals surface area contributed by atoms with E-state index in [1.165, 1.54) is 42.4 Å². The van der Waals surface area contributed by atoms with Crippen LogP contribution in [0.25, 0.3) is 0 Å². The van der Waals surface area contributed by atoms with Crippen LogP contribution in [0.4, 0.5) is 0 Å². The minimum absolute atomic E-state index is 0.701. The Kier molecular flexibility index (Phi) is 10.2. The van der Waals surface area contributed by atoms with Crippen LogP contribution in [0.1, 0.15) is 70.1 Å². The Balaban J connectivity index is 0.00000172. The van der Waals surface area contributed by atoms with Crippen molar-refractivity contribution < 1.29 is 4.74 Å². The third kappa shape index (κ3) is 6.45. The van der Waals surface area contributed by atoms with Crippen LogP contribution in [0.2, 0.25) is 0 Å². The van der Waals surface area contributed by atoms with Gasteiger partial charge in [-0.05, 0) is 61.9 Å². The smallest absolute Gasteiger partial charge is 0.119 e. The van der Waals surface area contributed by atoms with Crippen LogP contribution < -0.4 is 4.74 Å². The van der Waals surface area contributed by atoms with Crippen molar-refractivity contribution in [1.82, 2.24) is 0 Å². The lowest BCUT2D eigenvalue weighted by molar-refractivity contribution is 0.233.